The highest BCUT2D eigenvalue weighted by Crippen LogP contribution is 2.41. The third kappa shape index (κ3) is 2.59. The number of hydrogen-bond acceptors (Lipinski definition) is 6. The van der Waals surface area contributed by atoms with Crippen LogP contribution in [0.2, 0.25) is 0 Å². The zero-order valence-corrected chi connectivity index (χ0v) is 13.3. The van der Waals surface area contributed by atoms with Gasteiger partial charge >= 0.3 is 0 Å². The first-order valence-corrected chi connectivity index (χ1v) is 8.32. The van der Waals surface area contributed by atoms with Crippen LogP contribution < -0.4 is 0 Å². The Kier molecular flexibility index (Phi) is 3.33. The summed E-state index contributed by atoms with van der Waals surface area (Å²) in [5.41, 5.74) is 1.01. The van der Waals surface area contributed by atoms with Crippen LogP contribution in [0.5, 0.6) is 0 Å². The second-order valence-electron chi connectivity index (χ2n) is 5.62. The first-order chi connectivity index (χ1) is 10.7. The minimum Gasteiger partial charge on any atom is -0.338 e. The number of aromatic nitrogens is 4. The molecule has 1 fully saturated rings. The summed E-state index contributed by atoms with van der Waals surface area (Å²) in [5.74, 6) is 2.80. The third-order valence-corrected chi connectivity index (χ3v) is 4.80. The number of nitrogens with zero attached hydrogens (tertiary/aromatic N) is 4. The minimum absolute atomic E-state index is 0.0616. The van der Waals surface area contributed by atoms with E-state index in [9.17, 15) is 0 Å². The van der Waals surface area contributed by atoms with Crippen molar-refractivity contribution < 1.29 is 4.52 Å². The third-order valence-electron chi connectivity index (χ3n) is 3.71. The molecule has 0 amide bonds. The second-order valence-corrected chi connectivity index (χ2v) is 6.95. The zero-order valence-electron chi connectivity index (χ0n) is 12.5. The number of rotatable bonds is 4. The Morgan fingerprint density at radius 2 is 2.00 bits per heavy atom. The Balaban J connectivity index is 1.73. The van der Waals surface area contributed by atoms with E-state index in [0.29, 0.717) is 17.6 Å². The van der Waals surface area contributed by atoms with Crippen LogP contribution in [0.4, 0.5) is 0 Å². The molecule has 4 rings (SSSR count). The van der Waals surface area contributed by atoms with Crippen LogP contribution in [-0.2, 0) is 0 Å². The molecule has 3 aromatic rings. The molecule has 6 heteroatoms. The van der Waals surface area contributed by atoms with E-state index in [2.05, 4.69) is 29.2 Å². The van der Waals surface area contributed by atoms with E-state index >= 15 is 0 Å². The van der Waals surface area contributed by atoms with Crippen LogP contribution >= 0.6 is 11.8 Å². The molecule has 112 valence electrons. The Hall–Kier alpha value is -1.95. The lowest BCUT2D eigenvalue weighted by Crippen LogP contribution is -1.98. The van der Waals surface area contributed by atoms with Gasteiger partial charge in [-0.05, 0) is 32.8 Å². The second kappa shape index (κ2) is 5.35. The normalized spacial score (nSPS) is 16.1. The molecule has 0 N–H and O–H groups in total. The van der Waals surface area contributed by atoms with Crippen LogP contribution in [0.15, 0.2) is 33.8 Å². The standard InChI is InChI=1S/C16H16N4OS/c1-9(15-17-10(2)20-21-15)22-16-12-5-3-4-6-13(12)18-14(19-16)11-7-8-11/h3-6,9,11H,7-8H2,1-2H3/t9-/m1/s1. The largest absolute Gasteiger partial charge is 0.338 e. The summed E-state index contributed by atoms with van der Waals surface area (Å²) in [5, 5.41) is 6.01. The Morgan fingerprint density at radius 1 is 1.18 bits per heavy atom. The summed E-state index contributed by atoms with van der Waals surface area (Å²) in [6.07, 6.45) is 2.39. The van der Waals surface area contributed by atoms with Gasteiger partial charge in [-0.1, -0.05) is 35.1 Å². The van der Waals surface area contributed by atoms with E-state index in [1.54, 1.807) is 11.8 Å². The SMILES string of the molecule is Cc1noc([C@@H](C)Sc2nc(C3CC3)nc3ccccc23)n1. The predicted octanol–water partition coefficient (Wildman–Crippen LogP) is 4.05. The van der Waals surface area contributed by atoms with Gasteiger partial charge in [-0.2, -0.15) is 4.98 Å². The minimum atomic E-state index is 0.0616. The highest BCUT2D eigenvalue weighted by Gasteiger charge is 2.28. The van der Waals surface area contributed by atoms with Crippen LogP contribution in [0.1, 0.15) is 48.5 Å². The molecular weight excluding hydrogens is 296 g/mol. The lowest BCUT2D eigenvalue weighted by molar-refractivity contribution is 0.376. The fourth-order valence-electron chi connectivity index (χ4n) is 2.37. The molecule has 0 aliphatic heterocycles. The molecule has 2 heterocycles. The number of thioether (sulfide) groups is 1. The van der Waals surface area contributed by atoms with Gasteiger partial charge in [-0.25, -0.2) is 9.97 Å². The summed E-state index contributed by atoms with van der Waals surface area (Å²) >= 11 is 1.65. The first kappa shape index (κ1) is 13.7. The highest BCUT2D eigenvalue weighted by molar-refractivity contribution is 7.99. The Morgan fingerprint density at radius 3 is 2.73 bits per heavy atom. The number of benzene rings is 1. The molecule has 2 aromatic heterocycles. The maximum Gasteiger partial charge on any atom is 0.239 e. The maximum atomic E-state index is 5.28. The van der Waals surface area contributed by atoms with Crippen molar-refractivity contribution in [2.45, 2.75) is 42.9 Å². The lowest BCUT2D eigenvalue weighted by atomic mass is 10.2. The predicted molar refractivity (Wildman–Crippen MR) is 84.8 cm³/mol. The highest BCUT2D eigenvalue weighted by atomic mass is 32.2. The molecule has 0 unspecified atom stereocenters. The van der Waals surface area contributed by atoms with Crippen molar-refractivity contribution in [2.24, 2.45) is 0 Å². The van der Waals surface area contributed by atoms with Gasteiger partial charge in [0.15, 0.2) is 5.82 Å². The average Bonchev–Trinajstić information content (AvgIpc) is 3.28. The van der Waals surface area contributed by atoms with E-state index in [-0.39, 0.29) is 5.25 Å². The van der Waals surface area contributed by atoms with Gasteiger partial charge in [0.25, 0.3) is 0 Å². The van der Waals surface area contributed by atoms with Gasteiger partial charge in [0, 0.05) is 11.3 Å². The molecule has 0 spiro atoms. The Bertz CT molecular complexity index is 828. The molecular formula is C16H16N4OS. The summed E-state index contributed by atoms with van der Waals surface area (Å²) < 4.78 is 5.28. The molecule has 0 saturated heterocycles. The summed E-state index contributed by atoms with van der Waals surface area (Å²) in [4.78, 5) is 13.8. The quantitative estimate of drug-likeness (QED) is 0.535. The molecule has 0 bridgehead atoms. The van der Waals surface area contributed by atoms with Crippen molar-refractivity contribution in [1.82, 2.24) is 20.1 Å². The molecule has 1 aliphatic carbocycles. The number of hydrogen-bond donors (Lipinski definition) is 0. The van der Waals surface area contributed by atoms with Crippen LogP contribution in [0.3, 0.4) is 0 Å². The molecule has 1 aliphatic rings. The van der Waals surface area contributed by atoms with Crippen molar-refractivity contribution in [3.05, 3.63) is 41.8 Å². The molecule has 1 aromatic carbocycles. The van der Waals surface area contributed by atoms with Gasteiger partial charge in [-0.3, -0.25) is 0 Å². The summed E-state index contributed by atoms with van der Waals surface area (Å²) in [6, 6.07) is 8.16. The fraction of sp³-hybridized carbons (Fsp3) is 0.375. The van der Waals surface area contributed by atoms with Crippen LogP contribution in [0.25, 0.3) is 10.9 Å². The van der Waals surface area contributed by atoms with E-state index in [4.69, 9.17) is 14.5 Å². The van der Waals surface area contributed by atoms with Crippen LogP contribution in [-0.4, -0.2) is 20.1 Å². The van der Waals surface area contributed by atoms with E-state index in [0.717, 1.165) is 21.8 Å². The monoisotopic (exact) mass is 312 g/mol. The van der Waals surface area contributed by atoms with E-state index < -0.39 is 0 Å². The zero-order chi connectivity index (χ0) is 15.1. The number of para-hydroxylation sites is 1. The van der Waals surface area contributed by atoms with Crippen molar-refractivity contribution in [1.29, 1.82) is 0 Å². The molecule has 22 heavy (non-hydrogen) atoms. The smallest absolute Gasteiger partial charge is 0.239 e. The van der Waals surface area contributed by atoms with Gasteiger partial charge in [0.2, 0.25) is 5.89 Å². The number of aryl methyl sites for hydroxylation is 1. The van der Waals surface area contributed by atoms with E-state index in [1.165, 1.54) is 12.8 Å². The lowest BCUT2D eigenvalue weighted by Gasteiger charge is -2.10. The maximum absolute atomic E-state index is 5.28. The molecule has 5 nitrogen and oxygen atoms in total. The topological polar surface area (TPSA) is 64.7 Å². The first-order valence-electron chi connectivity index (χ1n) is 7.44. The van der Waals surface area contributed by atoms with Gasteiger partial charge in [0.1, 0.15) is 10.9 Å². The molecule has 1 atom stereocenters. The summed E-state index contributed by atoms with van der Waals surface area (Å²) in [6.45, 7) is 3.89. The van der Waals surface area contributed by atoms with Gasteiger partial charge in [-0.15, -0.1) is 0 Å². The summed E-state index contributed by atoms with van der Waals surface area (Å²) in [7, 11) is 0. The van der Waals surface area contributed by atoms with Crippen LogP contribution in [0, 0.1) is 6.92 Å². The van der Waals surface area contributed by atoms with Crippen molar-refractivity contribution in [2.75, 3.05) is 0 Å². The number of fused-ring (bicyclic) bond motifs is 1. The van der Waals surface area contributed by atoms with Crippen molar-refractivity contribution in [3.8, 4) is 0 Å². The van der Waals surface area contributed by atoms with Gasteiger partial charge < -0.3 is 4.52 Å². The Labute approximate surface area is 132 Å². The van der Waals surface area contributed by atoms with Gasteiger partial charge in [0.05, 0.1) is 10.8 Å². The van der Waals surface area contributed by atoms with E-state index in [1.807, 2.05) is 19.1 Å². The molecule has 1 saturated carbocycles. The molecule has 0 radical (unpaired) electrons. The van der Waals surface area contributed by atoms with Crippen molar-refractivity contribution >= 4 is 22.7 Å². The fourth-order valence-corrected chi connectivity index (χ4v) is 3.35. The average molecular weight is 312 g/mol. The van der Waals surface area contributed by atoms with Crippen molar-refractivity contribution in [3.63, 3.8) is 0 Å².